The molecule has 20 heavy (non-hydrogen) atoms. The molecule has 0 radical (unpaired) electrons. The Kier molecular flexibility index (Phi) is 6.31. The van der Waals surface area contributed by atoms with Crippen molar-refractivity contribution in [2.75, 3.05) is 19.7 Å². The first-order valence-electron chi connectivity index (χ1n) is 8.86. The number of aliphatic hydroxyl groups excluding tert-OH is 1. The Labute approximate surface area is 125 Å². The second-order valence-electron chi connectivity index (χ2n) is 6.94. The van der Waals surface area contributed by atoms with Gasteiger partial charge in [0, 0.05) is 17.6 Å². The van der Waals surface area contributed by atoms with Crippen LogP contribution in [0, 0.1) is 0 Å². The average Bonchev–Trinajstić information content (AvgIpc) is 3.31. The van der Waals surface area contributed by atoms with Crippen molar-refractivity contribution in [3.63, 3.8) is 0 Å². The lowest BCUT2D eigenvalue weighted by molar-refractivity contribution is 0.0548. The maximum absolute atomic E-state index is 9.92. The van der Waals surface area contributed by atoms with Crippen LogP contribution in [0.25, 0.3) is 0 Å². The first kappa shape index (κ1) is 16.3. The van der Waals surface area contributed by atoms with Crippen molar-refractivity contribution in [3.05, 3.63) is 0 Å². The van der Waals surface area contributed by atoms with Gasteiger partial charge >= 0.3 is 0 Å². The third-order valence-electron chi connectivity index (χ3n) is 5.13. The summed E-state index contributed by atoms with van der Waals surface area (Å²) in [5.74, 6) is 0. The highest BCUT2D eigenvalue weighted by molar-refractivity contribution is 4.99. The largest absolute Gasteiger partial charge is 0.394 e. The molecule has 0 amide bonds. The highest BCUT2D eigenvalue weighted by Crippen LogP contribution is 2.37. The second-order valence-corrected chi connectivity index (χ2v) is 6.94. The lowest BCUT2D eigenvalue weighted by Crippen LogP contribution is -2.56. The molecule has 2 N–H and O–H groups in total. The number of hydrogen-bond acceptors (Lipinski definition) is 3. The minimum atomic E-state index is -0.00171. The van der Waals surface area contributed by atoms with Crippen LogP contribution in [0.3, 0.4) is 0 Å². The Morgan fingerprint density at radius 2 is 1.95 bits per heavy atom. The maximum Gasteiger partial charge on any atom is 0.0613 e. The molecule has 2 aliphatic rings. The molecule has 0 bridgehead atoms. The van der Waals surface area contributed by atoms with Crippen LogP contribution >= 0.6 is 0 Å². The minimum Gasteiger partial charge on any atom is -0.394 e. The van der Waals surface area contributed by atoms with Crippen LogP contribution in [0.4, 0.5) is 0 Å². The molecule has 2 fully saturated rings. The van der Waals surface area contributed by atoms with E-state index in [-0.39, 0.29) is 5.54 Å². The zero-order valence-corrected chi connectivity index (χ0v) is 13.5. The van der Waals surface area contributed by atoms with Crippen molar-refractivity contribution in [1.82, 2.24) is 10.2 Å². The molecule has 2 rings (SSSR count). The Morgan fingerprint density at radius 1 is 1.15 bits per heavy atom. The first-order chi connectivity index (χ1) is 9.74. The van der Waals surface area contributed by atoms with Gasteiger partial charge < -0.3 is 10.4 Å². The number of aliphatic hydroxyl groups is 1. The molecule has 0 aromatic heterocycles. The topological polar surface area (TPSA) is 35.5 Å². The van der Waals surface area contributed by atoms with Gasteiger partial charge in [-0.05, 0) is 64.5 Å². The number of unbranched alkanes of at least 4 members (excludes halogenated alkanes) is 1. The first-order valence-corrected chi connectivity index (χ1v) is 8.86. The van der Waals surface area contributed by atoms with Crippen molar-refractivity contribution < 1.29 is 5.11 Å². The molecule has 118 valence electrons. The van der Waals surface area contributed by atoms with Gasteiger partial charge in [0.25, 0.3) is 0 Å². The molecule has 3 nitrogen and oxygen atoms in total. The van der Waals surface area contributed by atoms with Crippen molar-refractivity contribution in [3.8, 4) is 0 Å². The number of rotatable bonds is 9. The SMILES string of the molecule is CCCCN(C1CC1)C1CCCC(CO)(NCCC)C1. The summed E-state index contributed by atoms with van der Waals surface area (Å²) < 4.78 is 0. The molecule has 0 aromatic carbocycles. The molecular weight excluding hydrogens is 248 g/mol. The minimum absolute atomic E-state index is 0.00171. The van der Waals surface area contributed by atoms with E-state index in [2.05, 4.69) is 24.1 Å². The van der Waals surface area contributed by atoms with Crippen molar-refractivity contribution >= 4 is 0 Å². The summed E-state index contributed by atoms with van der Waals surface area (Å²) in [5.41, 5.74) is -0.00171. The Morgan fingerprint density at radius 3 is 2.55 bits per heavy atom. The summed E-state index contributed by atoms with van der Waals surface area (Å²) >= 11 is 0. The molecule has 2 saturated carbocycles. The quantitative estimate of drug-likeness (QED) is 0.682. The molecule has 2 atom stereocenters. The lowest BCUT2D eigenvalue weighted by atomic mass is 9.78. The van der Waals surface area contributed by atoms with E-state index in [0.29, 0.717) is 12.6 Å². The van der Waals surface area contributed by atoms with Crippen LogP contribution in [-0.4, -0.2) is 47.3 Å². The van der Waals surface area contributed by atoms with Gasteiger partial charge in [-0.15, -0.1) is 0 Å². The summed E-state index contributed by atoms with van der Waals surface area (Å²) in [6, 6.07) is 1.55. The fraction of sp³-hybridized carbons (Fsp3) is 1.00. The summed E-state index contributed by atoms with van der Waals surface area (Å²) in [6.45, 7) is 7.09. The molecule has 2 unspecified atom stereocenters. The van der Waals surface area contributed by atoms with Gasteiger partial charge in [0.15, 0.2) is 0 Å². The van der Waals surface area contributed by atoms with Crippen LogP contribution in [-0.2, 0) is 0 Å². The predicted octanol–water partition coefficient (Wildman–Crippen LogP) is 2.92. The lowest BCUT2D eigenvalue weighted by Gasteiger charge is -2.45. The molecule has 0 saturated heterocycles. The fourth-order valence-electron chi connectivity index (χ4n) is 3.77. The predicted molar refractivity (Wildman–Crippen MR) is 85.0 cm³/mol. The monoisotopic (exact) mass is 282 g/mol. The number of nitrogens with one attached hydrogen (secondary N) is 1. The van der Waals surface area contributed by atoms with Gasteiger partial charge in [0.1, 0.15) is 0 Å². The van der Waals surface area contributed by atoms with Gasteiger partial charge in [-0.2, -0.15) is 0 Å². The van der Waals surface area contributed by atoms with Crippen molar-refractivity contribution in [1.29, 1.82) is 0 Å². The Hall–Kier alpha value is -0.120. The zero-order chi connectivity index (χ0) is 14.4. The van der Waals surface area contributed by atoms with E-state index in [1.807, 2.05) is 0 Å². The van der Waals surface area contributed by atoms with E-state index in [1.54, 1.807) is 0 Å². The second kappa shape index (κ2) is 7.77. The maximum atomic E-state index is 9.92. The van der Waals surface area contributed by atoms with Gasteiger partial charge in [-0.1, -0.05) is 20.3 Å². The number of hydrogen-bond donors (Lipinski definition) is 2. The van der Waals surface area contributed by atoms with E-state index in [4.69, 9.17) is 0 Å². The van der Waals surface area contributed by atoms with Crippen LogP contribution in [0.1, 0.15) is 71.6 Å². The molecule has 3 heteroatoms. The highest BCUT2D eigenvalue weighted by atomic mass is 16.3. The van der Waals surface area contributed by atoms with E-state index < -0.39 is 0 Å². The van der Waals surface area contributed by atoms with Crippen molar-refractivity contribution in [2.45, 2.75) is 89.3 Å². The summed E-state index contributed by atoms with van der Waals surface area (Å²) in [7, 11) is 0. The highest BCUT2D eigenvalue weighted by Gasteiger charge is 2.41. The fourth-order valence-corrected chi connectivity index (χ4v) is 3.77. The van der Waals surface area contributed by atoms with Gasteiger partial charge in [-0.3, -0.25) is 4.90 Å². The molecule has 0 aliphatic heterocycles. The molecule has 2 aliphatic carbocycles. The van der Waals surface area contributed by atoms with Crippen molar-refractivity contribution in [2.24, 2.45) is 0 Å². The third kappa shape index (κ3) is 4.19. The Balaban J connectivity index is 1.95. The third-order valence-corrected chi connectivity index (χ3v) is 5.13. The summed E-state index contributed by atoms with van der Waals surface area (Å²) in [6.07, 6.45) is 11.4. The van der Waals surface area contributed by atoms with Gasteiger partial charge in [0.2, 0.25) is 0 Å². The van der Waals surface area contributed by atoms with E-state index in [0.717, 1.165) is 31.8 Å². The van der Waals surface area contributed by atoms with Crippen LogP contribution in [0.2, 0.25) is 0 Å². The molecule has 0 aromatic rings. The van der Waals surface area contributed by atoms with E-state index in [1.165, 1.54) is 45.1 Å². The molecule has 0 heterocycles. The number of nitrogens with zero attached hydrogens (tertiary/aromatic N) is 1. The van der Waals surface area contributed by atoms with Gasteiger partial charge in [0.05, 0.1) is 6.61 Å². The molecule has 0 spiro atoms. The van der Waals surface area contributed by atoms with E-state index >= 15 is 0 Å². The smallest absolute Gasteiger partial charge is 0.0613 e. The average molecular weight is 282 g/mol. The molecular formula is C17H34N2O. The van der Waals surface area contributed by atoms with E-state index in [9.17, 15) is 5.11 Å². The van der Waals surface area contributed by atoms with Gasteiger partial charge in [-0.25, -0.2) is 0 Å². The van der Waals surface area contributed by atoms with Crippen LogP contribution in [0.15, 0.2) is 0 Å². The van der Waals surface area contributed by atoms with Crippen LogP contribution < -0.4 is 5.32 Å². The standard InChI is InChI=1S/C17H34N2O/c1-3-5-12-19(15-8-9-15)16-7-6-10-17(13-16,14-20)18-11-4-2/h15-16,18,20H,3-14H2,1-2H3. The normalized spacial score (nSPS) is 30.9. The van der Waals surface area contributed by atoms with Crippen LogP contribution in [0.5, 0.6) is 0 Å². The zero-order valence-electron chi connectivity index (χ0n) is 13.5. The summed E-state index contributed by atoms with van der Waals surface area (Å²) in [5, 5.41) is 13.6. The Bertz CT molecular complexity index is 280. The summed E-state index contributed by atoms with van der Waals surface area (Å²) in [4.78, 5) is 2.78.